The van der Waals surface area contributed by atoms with Crippen molar-refractivity contribution in [2.45, 2.75) is 13.0 Å². The Bertz CT molecular complexity index is 752. The van der Waals surface area contributed by atoms with Crippen LogP contribution in [-0.4, -0.2) is 35.6 Å². The molecule has 138 valence electrons. The lowest BCUT2D eigenvalue weighted by Crippen LogP contribution is -2.32. The highest BCUT2D eigenvalue weighted by atomic mass is 16.6. The fraction of sp³-hybridized carbons (Fsp3) is 0.278. The van der Waals surface area contributed by atoms with Crippen LogP contribution in [0.15, 0.2) is 48.5 Å². The molecule has 2 rings (SSSR count). The molecule has 1 atom stereocenters. The zero-order valence-corrected chi connectivity index (χ0v) is 14.4. The highest BCUT2D eigenvalue weighted by Gasteiger charge is 2.13. The molecule has 2 aromatic carbocycles. The molecule has 0 unspecified atom stereocenters. The average molecular weight is 358 g/mol. The van der Waals surface area contributed by atoms with Crippen molar-refractivity contribution in [3.63, 3.8) is 0 Å². The summed E-state index contributed by atoms with van der Waals surface area (Å²) in [7, 11) is 0. The third-order valence-corrected chi connectivity index (χ3v) is 3.76. The molecule has 0 aliphatic heterocycles. The topological polar surface area (TPSA) is 117 Å². The van der Waals surface area contributed by atoms with Crippen LogP contribution in [0.5, 0.6) is 0 Å². The molecular formula is C18H22N4O4. The first-order valence-corrected chi connectivity index (χ1v) is 8.22. The van der Waals surface area contributed by atoms with Gasteiger partial charge < -0.3 is 21.1 Å². The van der Waals surface area contributed by atoms with Crippen molar-refractivity contribution in [1.82, 2.24) is 5.32 Å². The lowest BCUT2D eigenvalue weighted by molar-refractivity contribution is -0.384. The fourth-order valence-electron chi connectivity index (χ4n) is 2.43. The van der Waals surface area contributed by atoms with E-state index in [2.05, 4.69) is 16.0 Å². The lowest BCUT2D eigenvalue weighted by atomic mass is 10.1. The van der Waals surface area contributed by atoms with E-state index in [1.807, 2.05) is 37.3 Å². The third kappa shape index (κ3) is 5.45. The van der Waals surface area contributed by atoms with E-state index in [4.69, 9.17) is 5.11 Å². The molecule has 0 aliphatic carbocycles. The van der Waals surface area contributed by atoms with Gasteiger partial charge in [-0.25, -0.2) is 0 Å². The van der Waals surface area contributed by atoms with E-state index in [1.54, 1.807) is 6.07 Å². The number of nitrogens with zero attached hydrogens (tertiary/aromatic N) is 1. The number of non-ortho nitro benzene ring substituents is 1. The summed E-state index contributed by atoms with van der Waals surface area (Å²) in [4.78, 5) is 22.6. The predicted octanol–water partition coefficient (Wildman–Crippen LogP) is 2.29. The fourth-order valence-corrected chi connectivity index (χ4v) is 2.43. The molecule has 8 heteroatoms. The Kier molecular flexibility index (Phi) is 6.92. The number of carbonyl (C=O) groups is 1. The summed E-state index contributed by atoms with van der Waals surface area (Å²) in [6.07, 6.45) is 0. The first-order valence-electron chi connectivity index (χ1n) is 8.22. The van der Waals surface area contributed by atoms with Gasteiger partial charge in [-0.2, -0.15) is 0 Å². The molecule has 26 heavy (non-hydrogen) atoms. The Hall–Kier alpha value is -3.13. The Labute approximate surface area is 151 Å². The molecule has 0 aliphatic rings. The van der Waals surface area contributed by atoms with Crippen LogP contribution in [0.3, 0.4) is 0 Å². The van der Waals surface area contributed by atoms with Gasteiger partial charge in [0.2, 0.25) is 5.91 Å². The molecule has 0 spiro atoms. The molecule has 1 amide bonds. The van der Waals surface area contributed by atoms with E-state index in [-0.39, 0.29) is 30.8 Å². The first kappa shape index (κ1) is 19.2. The summed E-state index contributed by atoms with van der Waals surface area (Å²) in [5.74, 6) is -0.235. The standard InChI is InChI=1S/C18H22N4O4/c1-13(14-5-3-2-4-6-14)21-18(24)12-20-17-11-15(22(25)26)7-8-16(17)19-9-10-23/h2-8,11,13,19-20,23H,9-10,12H2,1H3,(H,21,24)/t13-/m1/s1. The zero-order chi connectivity index (χ0) is 18.9. The van der Waals surface area contributed by atoms with Crippen LogP contribution >= 0.6 is 0 Å². The first-order chi connectivity index (χ1) is 12.5. The summed E-state index contributed by atoms with van der Waals surface area (Å²) in [6.45, 7) is 2.07. The minimum atomic E-state index is -0.501. The summed E-state index contributed by atoms with van der Waals surface area (Å²) < 4.78 is 0. The zero-order valence-electron chi connectivity index (χ0n) is 14.4. The predicted molar refractivity (Wildman–Crippen MR) is 100 cm³/mol. The number of amides is 1. The monoisotopic (exact) mass is 358 g/mol. The van der Waals surface area contributed by atoms with Crippen LogP contribution in [0.2, 0.25) is 0 Å². The molecule has 0 saturated heterocycles. The SMILES string of the molecule is C[C@@H](NC(=O)CNc1cc([N+](=O)[O-])ccc1NCCO)c1ccccc1. The minimum Gasteiger partial charge on any atom is -0.395 e. The van der Waals surface area contributed by atoms with E-state index in [0.29, 0.717) is 17.9 Å². The Morgan fingerprint density at radius 3 is 2.54 bits per heavy atom. The second-order valence-electron chi connectivity index (χ2n) is 5.69. The van der Waals surface area contributed by atoms with E-state index in [1.165, 1.54) is 12.1 Å². The summed E-state index contributed by atoms with van der Waals surface area (Å²) in [6, 6.07) is 13.7. The largest absolute Gasteiger partial charge is 0.395 e. The van der Waals surface area contributed by atoms with Crippen molar-refractivity contribution < 1.29 is 14.8 Å². The summed E-state index contributed by atoms with van der Waals surface area (Å²) >= 11 is 0. The van der Waals surface area contributed by atoms with Crippen LogP contribution in [0.4, 0.5) is 17.1 Å². The number of nitrogens with one attached hydrogen (secondary N) is 3. The number of hydrogen-bond acceptors (Lipinski definition) is 6. The van der Waals surface area contributed by atoms with Gasteiger partial charge in [-0.05, 0) is 18.6 Å². The van der Waals surface area contributed by atoms with Crippen LogP contribution in [-0.2, 0) is 4.79 Å². The number of nitro benzene ring substituents is 1. The maximum atomic E-state index is 12.2. The Balaban J connectivity index is 2.01. The van der Waals surface area contributed by atoms with E-state index < -0.39 is 4.92 Å². The Morgan fingerprint density at radius 1 is 1.15 bits per heavy atom. The van der Waals surface area contributed by atoms with Gasteiger partial charge in [-0.1, -0.05) is 30.3 Å². The van der Waals surface area contributed by atoms with Crippen LogP contribution in [0, 0.1) is 10.1 Å². The van der Waals surface area contributed by atoms with Gasteiger partial charge >= 0.3 is 0 Å². The smallest absolute Gasteiger partial charge is 0.271 e. The maximum absolute atomic E-state index is 12.2. The number of benzene rings is 2. The van der Waals surface area contributed by atoms with Gasteiger partial charge in [-0.3, -0.25) is 14.9 Å². The highest BCUT2D eigenvalue weighted by Crippen LogP contribution is 2.26. The van der Waals surface area contributed by atoms with Gasteiger partial charge in [0.15, 0.2) is 0 Å². The van der Waals surface area contributed by atoms with Crippen molar-refractivity contribution in [2.75, 3.05) is 30.3 Å². The van der Waals surface area contributed by atoms with Gasteiger partial charge in [0.25, 0.3) is 5.69 Å². The number of carbonyl (C=O) groups excluding carboxylic acids is 1. The number of nitro groups is 1. The number of aliphatic hydroxyl groups excluding tert-OH is 1. The van der Waals surface area contributed by atoms with Gasteiger partial charge in [0, 0.05) is 18.7 Å². The van der Waals surface area contributed by atoms with Gasteiger partial charge in [-0.15, -0.1) is 0 Å². The molecule has 8 nitrogen and oxygen atoms in total. The van der Waals surface area contributed by atoms with Crippen molar-refractivity contribution in [2.24, 2.45) is 0 Å². The normalized spacial score (nSPS) is 11.5. The van der Waals surface area contributed by atoms with Crippen molar-refractivity contribution >= 4 is 23.0 Å². The minimum absolute atomic E-state index is 0.0356. The highest BCUT2D eigenvalue weighted by molar-refractivity contribution is 5.83. The third-order valence-electron chi connectivity index (χ3n) is 3.76. The lowest BCUT2D eigenvalue weighted by Gasteiger charge is -2.16. The molecule has 0 saturated carbocycles. The molecule has 2 aromatic rings. The Morgan fingerprint density at radius 2 is 1.88 bits per heavy atom. The van der Waals surface area contributed by atoms with Crippen molar-refractivity contribution in [3.05, 3.63) is 64.2 Å². The number of anilines is 2. The molecule has 0 aromatic heterocycles. The molecule has 0 heterocycles. The maximum Gasteiger partial charge on any atom is 0.271 e. The molecule has 4 N–H and O–H groups in total. The molecule has 0 bridgehead atoms. The quantitative estimate of drug-likeness (QED) is 0.404. The number of aliphatic hydroxyl groups is 1. The van der Waals surface area contributed by atoms with Crippen LogP contribution in [0.25, 0.3) is 0 Å². The molecule has 0 radical (unpaired) electrons. The number of rotatable bonds is 9. The average Bonchev–Trinajstić information content (AvgIpc) is 2.65. The number of hydrogen-bond donors (Lipinski definition) is 4. The molecule has 0 fully saturated rings. The summed E-state index contributed by atoms with van der Waals surface area (Å²) in [5.41, 5.74) is 1.91. The summed E-state index contributed by atoms with van der Waals surface area (Å²) in [5, 5.41) is 28.6. The van der Waals surface area contributed by atoms with Gasteiger partial charge in [0.1, 0.15) is 0 Å². The van der Waals surface area contributed by atoms with E-state index >= 15 is 0 Å². The van der Waals surface area contributed by atoms with E-state index in [0.717, 1.165) is 5.56 Å². The molecular weight excluding hydrogens is 336 g/mol. The van der Waals surface area contributed by atoms with E-state index in [9.17, 15) is 14.9 Å². The second kappa shape index (κ2) is 9.38. The van der Waals surface area contributed by atoms with Crippen LogP contribution in [0.1, 0.15) is 18.5 Å². The van der Waals surface area contributed by atoms with Crippen molar-refractivity contribution in [1.29, 1.82) is 0 Å². The second-order valence-corrected chi connectivity index (χ2v) is 5.69. The van der Waals surface area contributed by atoms with Crippen molar-refractivity contribution in [3.8, 4) is 0 Å². The van der Waals surface area contributed by atoms with Crippen LogP contribution < -0.4 is 16.0 Å². The van der Waals surface area contributed by atoms with Gasteiger partial charge in [0.05, 0.1) is 35.5 Å².